The summed E-state index contributed by atoms with van der Waals surface area (Å²) in [6.45, 7) is 5.02. The summed E-state index contributed by atoms with van der Waals surface area (Å²) in [5.74, 6) is 0. The second-order valence-corrected chi connectivity index (χ2v) is 6.62. The Morgan fingerprint density at radius 3 is 2.57 bits per heavy atom. The Kier molecular flexibility index (Phi) is 5.55. The Morgan fingerprint density at radius 1 is 1.04 bits per heavy atom. The Bertz CT molecular complexity index is 679. The van der Waals surface area contributed by atoms with Gasteiger partial charge in [-0.1, -0.05) is 53.5 Å². The van der Waals surface area contributed by atoms with Crippen molar-refractivity contribution in [1.29, 1.82) is 0 Å². The van der Waals surface area contributed by atoms with Crippen LogP contribution in [0.2, 0.25) is 10.0 Å². The molecule has 0 radical (unpaired) electrons. The normalized spacial score (nSPS) is 16.2. The molecule has 1 saturated heterocycles. The van der Waals surface area contributed by atoms with Crippen LogP contribution in [0.3, 0.4) is 0 Å². The molecule has 0 aromatic heterocycles. The SMILES string of the molecule is Clc1cccc(C=NN2CC[NH+](Cc3ccccc3Cl)CC2)c1. The molecule has 1 heterocycles. The van der Waals surface area contributed by atoms with Crippen LogP contribution >= 0.6 is 23.2 Å². The van der Waals surface area contributed by atoms with Crippen molar-refractivity contribution in [2.24, 2.45) is 5.10 Å². The first-order chi connectivity index (χ1) is 11.2. The van der Waals surface area contributed by atoms with E-state index in [0.717, 1.165) is 48.3 Å². The lowest BCUT2D eigenvalue weighted by Gasteiger charge is -2.30. The second kappa shape index (κ2) is 7.82. The van der Waals surface area contributed by atoms with Crippen molar-refractivity contribution < 1.29 is 4.90 Å². The van der Waals surface area contributed by atoms with Crippen molar-refractivity contribution in [3.63, 3.8) is 0 Å². The topological polar surface area (TPSA) is 20.0 Å². The summed E-state index contributed by atoms with van der Waals surface area (Å²) in [6.07, 6.45) is 1.88. The molecule has 120 valence electrons. The largest absolute Gasteiger partial charge is 0.328 e. The summed E-state index contributed by atoms with van der Waals surface area (Å²) < 4.78 is 0. The number of rotatable bonds is 4. The number of hydrogen-bond donors (Lipinski definition) is 1. The van der Waals surface area contributed by atoms with Gasteiger partial charge < -0.3 is 4.90 Å². The predicted octanol–water partition coefficient (Wildman–Crippen LogP) is 2.73. The molecule has 0 aliphatic carbocycles. The summed E-state index contributed by atoms with van der Waals surface area (Å²) in [4.78, 5) is 1.55. The van der Waals surface area contributed by atoms with Gasteiger partial charge >= 0.3 is 0 Å². The van der Waals surface area contributed by atoms with Crippen molar-refractivity contribution in [3.05, 3.63) is 69.7 Å². The molecule has 0 atom stereocenters. The van der Waals surface area contributed by atoms with Crippen LogP contribution in [0.15, 0.2) is 53.6 Å². The molecule has 0 amide bonds. The Balaban J connectivity index is 1.51. The third-order valence-corrected chi connectivity index (χ3v) is 4.67. The maximum atomic E-state index is 6.24. The Morgan fingerprint density at radius 2 is 1.83 bits per heavy atom. The fourth-order valence-electron chi connectivity index (χ4n) is 2.75. The van der Waals surface area contributed by atoms with E-state index in [9.17, 15) is 0 Å². The zero-order valence-electron chi connectivity index (χ0n) is 12.9. The van der Waals surface area contributed by atoms with E-state index < -0.39 is 0 Å². The zero-order valence-corrected chi connectivity index (χ0v) is 14.4. The number of halogens is 2. The van der Waals surface area contributed by atoms with Crippen molar-refractivity contribution >= 4 is 29.4 Å². The van der Waals surface area contributed by atoms with Crippen LogP contribution in [-0.4, -0.2) is 37.4 Å². The van der Waals surface area contributed by atoms with Gasteiger partial charge in [0.25, 0.3) is 0 Å². The number of nitrogens with one attached hydrogen (secondary N) is 1. The zero-order chi connectivity index (χ0) is 16.1. The highest BCUT2D eigenvalue weighted by molar-refractivity contribution is 6.31. The van der Waals surface area contributed by atoms with Gasteiger partial charge in [0.1, 0.15) is 6.54 Å². The molecule has 0 unspecified atom stereocenters. The first-order valence-corrected chi connectivity index (χ1v) is 8.58. The molecule has 0 saturated carbocycles. The molecular weight excluding hydrogens is 329 g/mol. The number of quaternary nitrogens is 1. The second-order valence-electron chi connectivity index (χ2n) is 5.77. The molecule has 1 fully saturated rings. The van der Waals surface area contributed by atoms with Crippen molar-refractivity contribution in [2.45, 2.75) is 6.54 Å². The summed E-state index contributed by atoms with van der Waals surface area (Å²) in [6, 6.07) is 15.8. The van der Waals surface area contributed by atoms with Gasteiger partial charge in [0.15, 0.2) is 0 Å². The number of hydrazone groups is 1. The van der Waals surface area contributed by atoms with Gasteiger partial charge in [0, 0.05) is 15.6 Å². The van der Waals surface area contributed by atoms with Crippen molar-refractivity contribution in [2.75, 3.05) is 26.2 Å². The highest BCUT2D eigenvalue weighted by atomic mass is 35.5. The van der Waals surface area contributed by atoms with E-state index >= 15 is 0 Å². The molecule has 5 heteroatoms. The fourth-order valence-corrected chi connectivity index (χ4v) is 3.15. The van der Waals surface area contributed by atoms with E-state index in [2.05, 4.69) is 16.2 Å². The first kappa shape index (κ1) is 16.3. The van der Waals surface area contributed by atoms with E-state index in [0.29, 0.717) is 0 Å². The third kappa shape index (κ3) is 4.71. The number of piperazine rings is 1. The van der Waals surface area contributed by atoms with Gasteiger partial charge in [-0.25, -0.2) is 0 Å². The van der Waals surface area contributed by atoms with Gasteiger partial charge in [0.05, 0.1) is 32.4 Å². The number of nitrogens with zero attached hydrogens (tertiary/aromatic N) is 2. The van der Waals surface area contributed by atoms with E-state index in [4.69, 9.17) is 23.2 Å². The highest BCUT2D eigenvalue weighted by Gasteiger charge is 2.19. The Labute approximate surface area is 147 Å². The fraction of sp³-hybridized carbons (Fsp3) is 0.278. The molecule has 2 aromatic rings. The molecule has 1 aliphatic rings. The maximum absolute atomic E-state index is 6.24. The number of hydrogen-bond acceptors (Lipinski definition) is 2. The minimum Gasteiger partial charge on any atom is -0.328 e. The molecule has 1 N–H and O–H groups in total. The van der Waals surface area contributed by atoms with Crippen LogP contribution < -0.4 is 4.90 Å². The van der Waals surface area contributed by atoms with Crippen LogP contribution in [0, 0.1) is 0 Å². The molecule has 1 aliphatic heterocycles. The molecule has 23 heavy (non-hydrogen) atoms. The molecular formula is C18H20Cl2N3+. The van der Waals surface area contributed by atoms with Gasteiger partial charge in [0.2, 0.25) is 0 Å². The average molecular weight is 349 g/mol. The molecule has 0 spiro atoms. The van der Waals surface area contributed by atoms with E-state index in [-0.39, 0.29) is 0 Å². The first-order valence-electron chi connectivity index (χ1n) is 7.82. The summed E-state index contributed by atoms with van der Waals surface area (Å²) in [7, 11) is 0. The standard InChI is InChI=1S/C18H19Cl2N3/c19-17-6-3-4-15(12-17)13-21-23-10-8-22(9-11-23)14-16-5-1-2-7-18(16)20/h1-7,12-13H,8-11,14H2/p+1. The quantitative estimate of drug-likeness (QED) is 0.842. The van der Waals surface area contributed by atoms with Crippen LogP contribution in [0.5, 0.6) is 0 Å². The van der Waals surface area contributed by atoms with Crippen LogP contribution in [0.25, 0.3) is 0 Å². The highest BCUT2D eigenvalue weighted by Crippen LogP contribution is 2.13. The smallest absolute Gasteiger partial charge is 0.104 e. The molecule has 3 nitrogen and oxygen atoms in total. The third-order valence-electron chi connectivity index (χ3n) is 4.06. The minimum absolute atomic E-state index is 0.739. The predicted molar refractivity (Wildman–Crippen MR) is 96.5 cm³/mol. The summed E-state index contributed by atoms with van der Waals surface area (Å²) in [5, 5.41) is 8.29. The maximum Gasteiger partial charge on any atom is 0.104 e. The lowest BCUT2D eigenvalue weighted by atomic mass is 10.2. The van der Waals surface area contributed by atoms with Crippen LogP contribution in [0.4, 0.5) is 0 Å². The lowest BCUT2D eigenvalue weighted by Crippen LogP contribution is -3.13. The Hall–Kier alpha value is -1.55. The van der Waals surface area contributed by atoms with Gasteiger partial charge in [-0.15, -0.1) is 0 Å². The molecule has 3 rings (SSSR count). The monoisotopic (exact) mass is 348 g/mol. The summed E-state index contributed by atoms with van der Waals surface area (Å²) >= 11 is 12.2. The van der Waals surface area contributed by atoms with Crippen molar-refractivity contribution in [3.8, 4) is 0 Å². The van der Waals surface area contributed by atoms with Gasteiger partial charge in [-0.05, 0) is 23.8 Å². The minimum atomic E-state index is 0.739. The summed E-state index contributed by atoms with van der Waals surface area (Å²) in [5.41, 5.74) is 2.25. The van der Waals surface area contributed by atoms with E-state index in [1.54, 1.807) is 4.90 Å². The van der Waals surface area contributed by atoms with Crippen LogP contribution in [-0.2, 0) is 6.54 Å². The van der Waals surface area contributed by atoms with E-state index in [1.165, 1.54) is 5.56 Å². The van der Waals surface area contributed by atoms with Crippen LogP contribution in [0.1, 0.15) is 11.1 Å². The molecule has 0 bridgehead atoms. The lowest BCUT2D eigenvalue weighted by molar-refractivity contribution is -0.918. The molecule has 2 aromatic carbocycles. The van der Waals surface area contributed by atoms with E-state index in [1.807, 2.05) is 48.7 Å². The van der Waals surface area contributed by atoms with Gasteiger partial charge in [-0.2, -0.15) is 5.10 Å². The average Bonchev–Trinajstić information content (AvgIpc) is 2.56. The number of benzene rings is 2. The van der Waals surface area contributed by atoms with Gasteiger partial charge in [-0.3, -0.25) is 5.01 Å². The van der Waals surface area contributed by atoms with Crippen molar-refractivity contribution in [1.82, 2.24) is 5.01 Å².